The molecule has 1 aliphatic rings. The highest BCUT2D eigenvalue weighted by atomic mass is 16.7. The van der Waals surface area contributed by atoms with Crippen molar-refractivity contribution in [3.63, 3.8) is 0 Å². The lowest BCUT2D eigenvalue weighted by atomic mass is 10.00. The van der Waals surface area contributed by atoms with Crippen LogP contribution in [0.5, 0.6) is 0 Å². The predicted octanol–water partition coefficient (Wildman–Crippen LogP) is 2.94. The summed E-state index contributed by atoms with van der Waals surface area (Å²) >= 11 is 0. The first-order valence-electron chi connectivity index (χ1n) is 6.03. The molecule has 0 saturated carbocycles. The van der Waals surface area contributed by atoms with Crippen LogP contribution >= 0.6 is 0 Å². The van der Waals surface area contributed by atoms with E-state index in [1.807, 2.05) is 6.92 Å². The fourth-order valence-electron chi connectivity index (χ4n) is 1.93. The fraction of sp³-hybridized carbons (Fsp3) is 0.571. The zero-order valence-electron chi connectivity index (χ0n) is 10.1. The van der Waals surface area contributed by atoms with E-state index < -0.39 is 0 Å². The Balaban J connectivity index is 1.77. The standard InChI is InChI=1S/C14H20O2/c1-11-3-5-13(6-4-11)7-8-14-9-15-12(2)16-10-14/h3-6,12,14H,7-10H2,1-2H3. The van der Waals surface area contributed by atoms with Gasteiger partial charge in [-0.15, -0.1) is 0 Å². The van der Waals surface area contributed by atoms with Gasteiger partial charge in [-0.3, -0.25) is 0 Å². The number of hydrogen-bond acceptors (Lipinski definition) is 2. The first-order valence-corrected chi connectivity index (χ1v) is 6.03. The second-order valence-corrected chi connectivity index (χ2v) is 4.62. The van der Waals surface area contributed by atoms with E-state index >= 15 is 0 Å². The molecule has 2 rings (SSSR count). The van der Waals surface area contributed by atoms with Gasteiger partial charge in [0.25, 0.3) is 0 Å². The number of aryl methyl sites for hydroxylation is 2. The number of hydrogen-bond donors (Lipinski definition) is 0. The number of rotatable bonds is 3. The molecule has 0 N–H and O–H groups in total. The molecule has 1 heterocycles. The monoisotopic (exact) mass is 220 g/mol. The van der Waals surface area contributed by atoms with Gasteiger partial charge in [0.2, 0.25) is 0 Å². The Hall–Kier alpha value is -0.860. The van der Waals surface area contributed by atoms with Crippen LogP contribution in [-0.4, -0.2) is 19.5 Å². The molecule has 88 valence electrons. The van der Waals surface area contributed by atoms with E-state index in [0.717, 1.165) is 26.1 Å². The third kappa shape index (κ3) is 3.32. The zero-order valence-corrected chi connectivity index (χ0v) is 10.1. The first-order chi connectivity index (χ1) is 7.74. The molecule has 0 atom stereocenters. The molecule has 0 aliphatic carbocycles. The van der Waals surface area contributed by atoms with Crippen molar-refractivity contribution < 1.29 is 9.47 Å². The molecular formula is C14H20O2. The van der Waals surface area contributed by atoms with Gasteiger partial charge in [0.05, 0.1) is 13.2 Å². The quantitative estimate of drug-likeness (QED) is 0.779. The molecule has 0 aromatic heterocycles. The van der Waals surface area contributed by atoms with Gasteiger partial charge in [-0.25, -0.2) is 0 Å². The van der Waals surface area contributed by atoms with Crippen LogP contribution in [-0.2, 0) is 15.9 Å². The second-order valence-electron chi connectivity index (χ2n) is 4.62. The van der Waals surface area contributed by atoms with E-state index in [1.54, 1.807) is 0 Å². The minimum absolute atomic E-state index is 0.0179. The maximum absolute atomic E-state index is 5.48. The van der Waals surface area contributed by atoms with Crippen molar-refractivity contribution in [3.8, 4) is 0 Å². The van der Waals surface area contributed by atoms with Gasteiger partial charge in [-0.1, -0.05) is 29.8 Å². The molecule has 0 spiro atoms. The van der Waals surface area contributed by atoms with E-state index in [1.165, 1.54) is 11.1 Å². The molecule has 2 nitrogen and oxygen atoms in total. The molecule has 2 heteroatoms. The summed E-state index contributed by atoms with van der Waals surface area (Å²) in [5.41, 5.74) is 2.73. The van der Waals surface area contributed by atoms with Crippen LogP contribution in [0, 0.1) is 12.8 Å². The highest BCUT2D eigenvalue weighted by Gasteiger charge is 2.18. The predicted molar refractivity (Wildman–Crippen MR) is 64.4 cm³/mol. The summed E-state index contributed by atoms with van der Waals surface area (Å²) in [4.78, 5) is 0. The largest absolute Gasteiger partial charge is 0.353 e. The normalized spacial score (nSPS) is 25.6. The second kappa shape index (κ2) is 5.46. The highest BCUT2D eigenvalue weighted by Crippen LogP contribution is 2.17. The minimum atomic E-state index is -0.0179. The van der Waals surface area contributed by atoms with E-state index in [-0.39, 0.29) is 6.29 Å². The average Bonchev–Trinajstić information content (AvgIpc) is 2.30. The third-order valence-corrected chi connectivity index (χ3v) is 3.10. The summed E-state index contributed by atoms with van der Waals surface area (Å²) in [6.07, 6.45) is 2.25. The summed E-state index contributed by atoms with van der Waals surface area (Å²) in [5.74, 6) is 0.553. The van der Waals surface area contributed by atoms with E-state index in [0.29, 0.717) is 5.92 Å². The Bertz CT molecular complexity index is 310. The number of benzene rings is 1. The minimum Gasteiger partial charge on any atom is -0.353 e. The summed E-state index contributed by atoms with van der Waals surface area (Å²) in [5, 5.41) is 0. The molecule has 0 amide bonds. The smallest absolute Gasteiger partial charge is 0.154 e. The van der Waals surface area contributed by atoms with Gasteiger partial charge in [0, 0.05) is 5.92 Å². The molecule has 0 bridgehead atoms. The van der Waals surface area contributed by atoms with Crippen LogP contribution in [0.4, 0.5) is 0 Å². The van der Waals surface area contributed by atoms with Crippen molar-refractivity contribution >= 4 is 0 Å². The Morgan fingerprint density at radius 3 is 2.38 bits per heavy atom. The third-order valence-electron chi connectivity index (χ3n) is 3.10. The van der Waals surface area contributed by atoms with Gasteiger partial charge in [-0.05, 0) is 32.3 Å². The zero-order chi connectivity index (χ0) is 11.4. The molecule has 1 fully saturated rings. The maximum Gasteiger partial charge on any atom is 0.154 e. The van der Waals surface area contributed by atoms with Gasteiger partial charge in [0.1, 0.15) is 0 Å². The van der Waals surface area contributed by atoms with Crippen molar-refractivity contribution in [1.29, 1.82) is 0 Å². The average molecular weight is 220 g/mol. The Kier molecular flexibility index (Phi) is 3.97. The molecule has 1 aliphatic heterocycles. The van der Waals surface area contributed by atoms with Crippen molar-refractivity contribution in [2.24, 2.45) is 5.92 Å². The van der Waals surface area contributed by atoms with E-state index in [2.05, 4.69) is 31.2 Å². The highest BCUT2D eigenvalue weighted by molar-refractivity contribution is 5.21. The van der Waals surface area contributed by atoms with Crippen molar-refractivity contribution in [2.75, 3.05) is 13.2 Å². The topological polar surface area (TPSA) is 18.5 Å². The SMILES string of the molecule is Cc1ccc(CCC2COC(C)OC2)cc1. The molecular weight excluding hydrogens is 200 g/mol. The van der Waals surface area contributed by atoms with Crippen LogP contribution in [0.15, 0.2) is 24.3 Å². The van der Waals surface area contributed by atoms with Crippen LogP contribution in [0.1, 0.15) is 24.5 Å². The van der Waals surface area contributed by atoms with Gasteiger partial charge >= 0.3 is 0 Å². The van der Waals surface area contributed by atoms with Gasteiger partial charge in [0.15, 0.2) is 6.29 Å². The lowest BCUT2D eigenvalue weighted by Gasteiger charge is -2.27. The molecule has 0 radical (unpaired) electrons. The Labute approximate surface area is 97.6 Å². The van der Waals surface area contributed by atoms with E-state index in [4.69, 9.17) is 9.47 Å². The molecule has 1 aromatic carbocycles. The number of ether oxygens (including phenoxy) is 2. The van der Waals surface area contributed by atoms with Gasteiger partial charge < -0.3 is 9.47 Å². The van der Waals surface area contributed by atoms with Crippen LogP contribution in [0.2, 0.25) is 0 Å². The summed E-state index contributed by atoms with van der Waals surface area (Å²) in [6, 6.07) is 8.77. The Morgan fingerprint density at radius 1 is 1.12 bits per heavy atom. The Morgan fingerprint density at radius 2 is 1.75 bits per heavy atom. The maximum atomic E-state index is 5.48. The van der Waals surface area contributed by atoms with Crippen molar-refractivity contribution in [1.82, 2.24) is 0 Å². The van der Waals surface area contributed by atoms with Crippen LogP contribution in [0.25, 0.3) is 0 Å². The van der Waals surface area contributed by atoms with E-state index in [9.17, 15) is 0 Å². The summed E-state index contributed by atoms with van der Waals surface area (Å²) in [6.45, 7) is 5.75. The van der Waals surface area contributed by atoms with Crippen LogP contribution in [0.3, 0.4) is 0 Å². The first kappa shape index (κ1) is 11.6. The lowest BCUT2D eigenvalue weighted by Crippen LogP contribution is -2.30. The fourth-order valence-corrected chi connectivity index (χ4v) is 1.93. The lowest BCUT2D eigenvalue weighted by molar-refractivity contribution is -0.190. The molecule has 1 aromatic rings. The molecule has 16 heavy (non-hydrogen) atoms. The van der Waals surface area contributed by atoms with Gasteiger partial charge in [-0.2, -0.15) is 0 Å². The van der Waals surface area contributed by atoms with Crippen molar-refractivity contribution in [3.05, 3.63) is 35.4 Å². The summed E-state index contributed by atoms with van der Waals surface area (Å²) in [7, 11) is 0. The van der Waals surface area contributed by atoms with Crippen LogP contribution < -0.4 is 0 Å². The molecule has 0 unspecified atom stereocenters. The summed E-state index contributed by atoms with van der Waals surface area (Å²) < 4.78 is 11.0. The van der Waals surface area contributed by atoms with Crippen molar-refractivity contribution in [2.45, 2.75) is 33.0 Å². The molecule has 1 saturated heterocycles.